The lowest BCUT2D eigenvalue weighted by atomic mass is 10.0. The van der Waals surface area contributed by atoms with Crippen LogP contribution < -0.4 is 5.32 Å². The van der Waals surface area contributed by atoms with Gasteiger partial charge in [-0.3, -0.25) is 9.69 Å². The molecule has 0 spiro atoms. The molecule has 4 rings (SSSR count). The van der Waals surface area contributed by atoms with Crippen LogP contribution in [0.4, 0.5) is 22.0 Å². The highest BCUT2D eigenvalue weighted by Gasteiger charge is 2.32. The number of carbonyl (C=O) groups excluding carboxylic acids is 1. The topological polar surface area (TPSA) is 54.5 Å². The molecule has 1 N–H and O–H groups in total. The van der Waals surface area contributed by atoms with E-state index in [4.69, 9.17) is 16.3 Å². The minimum absolute atomic E-state index is 0.0512. The van der Waals surface area contributed by atoms with Crippen LogP contribution in [0.1, 0.15) is 52.7 Å². The Hall–Kier alpha value is -2.34. The maximum atomic E-state index is 14.2. The number of likely N-dealkylation sites (tertiary alicyclic amines) is 1. The second kappa shape index (κ2) is 12.0. The van der Waals surface area contributed by atoms with E-state index in [2.05, 4.69) is 10.3 Å². The highest BCUT2D eigenvalue weighted by Crippen LogP contribution is 2.35. The Bertz CT molecular complexity index is 1140. The number of allylic oxidation sites excluding steroid dienone is 2. The van der Waals surface area contributed by atoms with Gasteiger partial charge in [-0.2, -0.15) is 0 Å². The van der Waals surface area contributed by atoms with Gasteiger partial charge >= 0.3 is 0 Å². The molecule has 200 valence electrons. The number of carbonyl (C=O) groups is 1. The molecule has 2 aliphatic rings. The third-order valence-electron chi connectivity index (χ3n) is 6.36. The van der Waals surface area contributed by atoms with Gasteiger partial charge in [0.1, 0.15) is 11.5 Å². The van der Waals surface area contributed by atoms with Gasteiger partial charge in [0.05, 0.1) is 39.7 Å². The molecule has 1 unspecified atom stereocenters. The van der Waals surface area contributed by atoms with E-state index < -0.39 is 30.1 Å². The Morgan fingerprint density at radius 3 is 2.70 bits per heavy atom. The number of hydrogen-bond donors (Lipinski definition) is 1. The Balaban J connectivity index is 1.40. The van der Waals surface area contributed by atoms with E-state index in [0.29, 0.717) is 36.4 Å². The molecule has 1 atom stereocenters. The van der Waals surface area contributed by atoms with Crippen molar-refractivity contribution >= 4 is 28.8 Å². The van der Waals surface area contributed by atoms with Crippen molar-refractivity contribution in [2.45, 2.75) is 43.8 Å². The summed E-state index contributed by atoms with van der Waals surface area (Å²) in [7, 11) is 0. The molecule has 1 aromatic carbocycles. The Morgan fingerprint density at radius 1 is 1.30 bits per heavy atom. The Morgan fingerprint density at radius 2 is 2.05 bits per heavy atom. The predicted molar refractivity (Wildman–Crippen MR) is 131 cm³/mol. The first kappa shape index (κ1) is 27.7. The summed E-state index contributed by atoms with van der Waals surface area (Å²) in [6.07, 6.45) is 1.60. The summed E-state index contributed by atoms with van der Waals surface area (Å²) in [5, 5.41) is 2.59. The van der Waals surface area contributed by atoms with Crippen molar-refractivity contribution in [1.82, 2.24) is 15.2 Å². The molecule has 1 fully saturated rings. The molecule has 2 heterocycles. The fraction of sp³-hybridized carbons (Fsp3) is 0.440. The zero-order chi connectivity index (χ0) is 26.6. The minimum Gasteiger partial charge on any atom is -0.373 e. The van der Waals surface area contributed by atoms with Gasteiger partial charge in [-0.05, 0) is 36.6 Å². The molecule has 2 aromatic rings. The maximum absolute atomic E-state index is 14.2. The van der Waals surface area contributed by atoms with Crippen molar-refractivity contribution in [3.63, 3.8) is 0 Å². The fourth-order valence-electron chi connectivity index (χ4n) is 4.36. The number of nitrogens with one attached hydrogen (secondary N) is 1. The quantitative estimate of drug-likeness (QED) is 0.363. The molecule has 1 aromatic heterocycles. The third-order valence-corrected chi connectivity index (χ3v) is 7.62. The molecule has 37 heavy (non-hydrogen) atoms. The fourth-order valence-corrected chi connectivity index (χ4v) is 5.55. The maximum Gasteiger partial charge on any atom is 0.281 e. The number of benzene rings is 1. The van der Waals surface area contributed by atoms with E-state index in [1.54, 1.807) is 0 Å². The lowest BCUT2D eigenvalue weighted by molar-refractivity contribution is 0.00743. The second-order valence-corrected chi connectivity index (χ2v) is 10.1. The summed E-state index contributed by atoms with van der Waals surface area (Å²) in [4.78, 5) is 18.8. The predicted octanol–water partition coefficient (Wildman–Crippen LogP) is 6.35. The second-order valence-electron chi connectivity index (χ2n) is 8.85. The molecule has 12 heteroatoms. The standard InChI is InChI=1S/C25H25ClF5N3O2S/c26-17-2-1-3-18(27)20(17)24(35)32-12-19(22-21(23(28)29)33-14-37-22)34-10-6-16(7-11-34)36-13-15-4-8-25(30,31)9-5-15/h1-5,8,14,16,19,23H,6-7,9-13H2,(H,32,35). The van der Waals surface area contributed by atoms with Gasteiger partial charge < -0.3 is 10.1 Å². The first-order valence-corrected chi connectivity index (χ1v) is 13.0. The third kappa shape index (κ3) is 6.95. The van der Waals surface area contributed by atoms with Gasteiger partial charge in [-0.25, -0.2) is 26.9 Å². The zero-order valence-electron chi connectivity index (χ0n) is 19.6. The lowest BCUT2D eigenvalue weighted by Crippen LogP contribution is -2.44. The van der Waals surface area contributed by atoms with Crippen molar-refractivity contribution in [3.05, 3.63) is 74.5 Å². The van der Waals surface area contributed by atoms with Crippen molar-refractivity contribution in [3.8, 4) is 0 Å². The van der Waals surface area contributed by atoms with Gasteiger partial charge in [-0.15, -0.1) is 11.3 Å². The summed E-state index contributed by atoms with van der Waals surface area (Å²) >= 11 is 7.06. The van der Waals surface area contributed by atoms with E-state index in [9.17, 15) is 26.7 Å². The summed E-state index contributed by atoms with van der Waals surface area (Å²) in [6.45, 7) is 1.13. The number of nitrogens with zero attached hydrogens (tertiary/aromatic N) is 2. The molecular formula is C25H25ClF5N3O2S. The molecule has 0 bridgehead atoms. The minimum atomic E-state index is -2.83. The molecule has 1 aliphatic heterocycles. The number of piperidine rings is 1. The monoisotopic (exact) mass is 561 g/mol. The summed E-state index contributed by atoms with van der Waals surface area (Å²) in [6, 6.07) is 3.28. The van der Waals surface area contributed by atoms with Crippen molar-refractivity contribution < 1.29 is 31.5 Å². The van der Waals surface area contributed by atoms with E-state index in [0.717, 1.165) is 23.5 Å². The first-order chi connectivity index (χ1) is 17.6. The van der Waals surface area contributed by atoms with Gasteiger partial charge in [-0.1, -0.05) is 29.8 Å². The van der Waals surface area contributed by atoms with Crippen LogP contribution in [0.3, 0.4) is 0 Å². The van der Waals surface area contributed by atoms with Crippen LogP contribution in [0, 0.1) is 5.82 Å². The normalized spacial score (nSPS) is 19.2. The van der Waals surface area contributed by atoms with Crippen LogP contribution in [0.15, 0.2) is 47.5 Å². The molecule has 0 radical (unpaired) electrons. The average molecular weight is 562 g/mol. The van der Waals surface area contributed by atoms with E-state index in [1.807, 2.05) is 4.90 Å². The largest absolute Gasteiger partial charge is 0.373 e. The highest BCUT2D eigenvalue weighted by molar-refractivity contribution is 7.09. The molecule has 1 amide bonds. The number of amides is 1. The summed E-state index contributed by atoms with van der Waals surface area (Å²) in [5.74, 6) is -4.35. The number of aromatic nitrogens is 1. The zero-order valence-corrected chi connectivity index (χ0v) is 21.2. The van der Waals surface area contributed by atoms with Gasteiger partial charge in [0.25, 0.3) is 18.3 Å². The van der Waals surface area contributed by atoms with Gasteiger partial charge in [0, 0.05) is 26.1 Å². The highest BCUT2D eigenvalue weighted by atomic mass is 35.5. The number of hydrogen-bond acceptors (Lipinski definition) is 5. The average Bonchev–Trinajstić information content (AvgIpc) is 3.34. The molecular weight excluding hydrogens is 537 g/mol. The van der Waals surface area contributed by atoms with Crippen LogP contribution in [0.25, 0.3) is 0 Å². The molecule has 5 nitrogen and oxygen atoms in total. The Labute approximate surface area is 220 Å². The van der Waals surface area contributed by atoms with Crippen LogP contribution in [0.2, 0.25) is 5.02 Å². The molecule has 0 saturated carbocycles. The number of halogens is 6. The smallest absolute Gasteiger partial charge is 0.281 e. The van der Waals surface area contributed by atoms with Crippen molar-refractivity contribution in [2.24, 2.45) is 0 Å². The van der Waals surface area contributed by atoms with Crippen molar-refractivity contribution in [1.29, 1.82) is 0 Å². The van der Waals surface area contributed by atoms with Crippen LogP contribution in [-0.2, 0) is 4.74 Å². The molecule has 1 aliphatic carbocycles. The first-order valence-electron chi connectivity index (χ1n) is 11.7. The number of rotatable bonds is 9. The molecule has 1 saturated heterocycles. The van der Waals surface area contributed by atoms with Crippen LogP contribution >= 0.6 is 22.9 Å². The van der Waals surface area contributed by atoms with E-state index in [1.165, 1.54) is 29.8 Å². The summed E-state index contributed by atoms with van der Waals surface area (Å²) < 4.78 is 73.9. The van der Waals surface area contributed by atoms with Crippen molar-refractivity contribution in [2.75, 3.05) is 26.2 Å². The van der Waals surface area contributed by atoms with E-state index >= 15 is 0 Å². The number of ether oxygens (including phenoxy) is 1. The van der Waals surface area contributed by atoms with Crippen LogP contribution in [0.5, 0.6) is 0 Å². The number of thiazole rings is 1. The number of alkyl halides is 4. The van der Waals surface area contributed by atoms with Gasteiger partial charge in [0.2, 0.25) is 0 Å². The summed E-state index contributed by atoms with van der Waals surface area (Å²) in [5.41, 5.74) is 1.37. The van der Waals surface area contributed by atoms with E-state index in [-0.39, 0.29) is 42.0 Å². The lowest BCUT2D eigenvalue weighted by Gasteiger charge is -2.37. The van der Waals surface area contributed by atoms with Gasteiger partial charge in [0.15, 0.2) is 0 Å². The van der Waals surface area contributed by atoms with Crippen LogP contribution in [-0.4, -0.2) is 54.1 Å². The Kier molecular flexibility index (Phi) is 8.99. The SMILES string of the molecule is O=C(NCC(c1scnc1C(F)F)N1CCC(OCC2=CCC(F)(F)C=C2)CC1)c1c(F)cccc1Cl.